The molecule has 2 radical (unpaired) electrons. The number of hydrogen-bond donors (Lipinski definition) is 0. The molecule has 0 amide bonds. The normalized spacial score (nSPS) is 11.7. The molecule has 4 aromatic rings. The van der Waals surface area contributed by atoms with E-state index in [1.807, 2.05) is 12.5 Å². The molecule has 1 aromatic heterocycles. The van der Waals surface area contributed by atoms with Gasteiger partial charge < -0.3 is 4.57 Å². The zero-order valence-electron chi connectivity index (χ0n) is 17.0. The van der Waals surface area contributed by atoms with Crippen LogP contribution in [0.3, 0.4) is 0 Å². The van der Waals surface area contributed by atoms with Gasteiger partial charge in [-0.25, -0.2) is 4.98 Å². The Balaban J connectivity index is 1.89. The van der Waals surface area contributed by atoms with Crippen LogP contribution in [-0.2, 0) is 11.6 Å². The molecule has 4 rings (SSSR count). The van der Waals surface area contributed by atoms with Gasteiger partial charge in [-0.05, 0) is 29.0 Å². The van der Waals surface area contributed by atoms with Gasteiger partial charge in [0.05, 0.1) is 11.5 Å². The van der Waals surface area contributed by atoms with Gasteiger partial charge >= 0.3 is 0 Å². The predicted octanol–water partition coefficient (Wildman–Crippen LogP) is 4.86. The second-order valence-electron chi connectivity index (χ2n) is 7.84. The van der Waals surface area contributed by atoms with Crippen molar-refractivity contribution in [2.45, 2.75) is 25.4 Å². The lowest BCUT2D eigenvalue weighted by molar-refractivity contribution is 0.596. The highest BCUT2D eigenvalue weighted by Crippen LogP contribution is 2.33. The molecular weight excluding hydrogens is 368 g/mol. The highest BCUT2D eigenvalue weighted by molar-refractivity contribution is 6.57. The zero-order valence-corrected chi connectivity index (χ0v) is 18.0. The minimum absolute atomic E-state index is 0.324. The summed E-state index contributed by atoms with van der Waals surface area (Å²) in [6.07, 6.45) is 7.02. The van der Waals surface area contributed by atoms with Gasteiger partial charge in [0.2, 0.25) is 0 Å². The van der Waals surface area contributed by atoms with Gasteiger partial charge in [-0.15, -0.1) is 0 Å². The van der Waals surface area contributed by atoms with Gasteiger partial charge in [0, 0.05) is 12.4 Å². The lowest BCUT2D eigenvalue weighted by Gasteiger charge is -2.36. The molecule has 1 heterocycles. The van der Waals surface area contributed by atoms with Crippen LogP contribution in [0.1, 0.15) is 30.5 Å². The van der Waals surface area contributed by atoms with Crippen molar-refractivity contribution >= 4 is 14.7 Å². The first-order valence-electron chi connectivity index (χ1n) is 10.1. The molecule has 0 aliphatic carbocycles. The lowest BCUT2D eigenvalue weighted by atomic mass is 9.97. The van der Waals surface area contributed by atoms with Crippen LogP contribution in [0.2, 0.25) is 0 Å². The monoisotopic (exact) mass is 394 g/mol. The summed E-state index contributed by atoms with van der Waals surface area (Å²) >= 11 is 0. The van der Waals surface area contributed by atoms with Crippen LogP contribution in [0.5, 0.6) is 0 Å². The molecule has 0 saturated carbocycles. The summed E-state index contributed by atoms with van der Waals surface area (Å²) in [7, 11) is 0.531. The molecular formula is C26H26N2Si. The number of nitrogens with zero attached hydrogens (tertiary/aromatic N) is 2. The summed E-state index contributed by atoms with van der Waals surface area (Å²) in [5.41, 5.74) is 3.96. The van der Waals surface area contributed by atoms with Gasteiger partial charge in [0.15, 0.2) is 0 Å². The Morgan fingerprint density at radius 1 is 0.862 bits per heavy atom. The minimum atomic E-state index is -0.324. The summed E-state index contributed by atoms with van der Waals surface area (Å²) in [5.74, 6) is 0.648. The van der Waals surface area contributed by atoms with Crippen molar-refractivity contribution in [3.8, 4) is 0 Å². The van der Waals surface area contributed by atoms with Gasteiger partial charge in [-0.1, -0.05) is 104 Å². The summed E-state index contributed by atoms with van der Waals surface area (Å²) < 4.78 is 2.27. The van der Waals surface area contributed by atoms with Crippen LogP contribution in [0.15, 0.2) is 104 Å². The topological polar surface area (TPSA) is 17.8 Å². The van der Waals surface area contributed by atoms with E-state index in [0.29, 0.717) is 15.4 Å². The van der Waals surface area contributed by atoms with Crippen LogP contribution in [0, 0.1) is 5.92 Å². The van der Waals surface area contributed by atoms with Crippen LogP contribution in [0.4, 0.5) is 0 Å². The number of rotatable bonds is 7. The maximum atomic E-state index is 4.41. The summed E-state index contributed by atoms with van der Waals surface area (Å²) in [6.45, 7) is 4.55. The number of benzene rings is 3. The molecule has 0 N–H and O–H groups in total. The van der Waals surface area contributed by atoms with Crippen LogP contribution in [-0.4, -0.2) is 19.1 Å². The molecule has 0 aliphatic heterocycles. The molecule has 29 heavy (non-hydrogen) atoms. The van der Waals surface area contributed by atoms with E-state index < -0.39 is 0 Å². The third-order valence-electron chi connectivity index (χ3n) is 5.17. The van der Waals surface area contributed by atoms with E-state index in [9.17, 15) is 0 Å². The van der Waals surface area contributed by atoms with Crippen LogP contribution >= 0.6 is 0 Å². The molecule has 0 unspecified atom stereocenters. The van der Waals surface area contributed by atoms with Gasteiger partial charge in [-0.2, -0.15) is 0 Å². The molecule has 0 spiro atoms. The van der Waals surface area contributed by atoms with Crippen molar-refractivity contribution in [2.75, 3.05) is 0 Å². The molecule has 0 aliphatic rings. The molecule has 0 saturated heterocycles. The largest absolute Gasteiger partial charge is 0.326 e. The number of aromatic nitrogens is 2. The average Bonchev–Trinajstić information content (AvgIpc) is 3.28. The Hall–Kier alpha value is -2.91. The Kier molecular flexibility index (Phi) is 5.77. The van der Waals surface area contributed by atoms with E-state index in [-0.39, 0.29) is 5.16 Å². The second-order valence-corrected chi connectivity index (χ2v) is 9.39. The Morgan fingerprint density at radius 2 is 1.52 bits per heavy atom. The first-order valence-corrected chi connectivity index (χ1v) is 11.1. The molecule has 0 bridgehead atoms. The van der Waals surface area contributed by atoms with Crippen molar-refractivity contribution in [1.82, 2.24) is 9.55 Å². The maximum absolute atomic E-state index is 4.41. The quantitative estimate of drug-likeness (QED) is 0.409. The Bertz CT molecular complexity index is 985. The van der Waals surface area contributed by atoms with E-state index in [4.69, 9.17) is 0 Å². The van der Waals surface area contributed by atoms with Crippen molar-refractivity contribution in [1.29, 1.82) is 0 Å². The summed E-state index contributed by atoms with van der Waals surface area (Å²) in [4.78, 5) is 4.41. The van der Waals surface area contributed by atoms with Crippen LogP contribution in [0.25, 0.3) is 0 Å². The first-order chi connectivity index (χ1) is 14.2. The summed E-state index contributed by atoms with van der Waals surface area (Å²) in [6, 6.07) is 30.7. The fourth-order valence-electron chi connectivity index (χ4n) is 3.95. The van der Waals surface area contributed by atoms with Crippen molar-refractivity contribution in [3.63, 3.8) is 0 Å². The molecule has 3 heteroatoms. The van der Waals surface area contributed by atoms with Crippen molar-refractivity contribution in [2.24, 2.45) is 5.92 Å². The maximum Gasteiger partial charge on any atom is 0.127 e. The lowest BCUT2D eigenvalue weighted by Crippen LogP contribution is -2.46. The molecule has 0 fully saturated rings. The van der Waals surface area contributed by atoms with Gasteiger partial charge in [-0.3, -0.25) is 0 Å². The molecule has 0 atom stereocenters. The minimum Gasteiger partial charge on any atom is -0.326 e. The van der Waals surface area contributed by atoms with Crippen molar-refractivity contribution < 1.29 is 0 Å². The smallest absolute Gasteiger partial charge is 0.127 e. The third-order valence-corrected chi connectivity index (χ3v) is 6.97. The first kappa shape index (κ1) is 19.4. The van der Waals surface area contributed by atoms with E-state index in [1.165, 1.54) is 21.9 Å². The fourth-order valence-corrected chi connectivity index (χ4v) is 5.68. The highest BCUT2D eigenvalue weighted by Gasteiger charge is 2.37. The zero-order chi connectivity index (χ0) is 20.1. The van der Waals surface area contributed by atoms with E-state index >= 15 is 0 Å². The summed E-state index contributed by atoms with van der Waals surface area (Å²) in [5, 5.41) is 1.04. The Morgan fingerprint density at radius 3 is 2.07 bits per heavy atom. The second kappa shape index (κ2) is 8.62. The molecule has 3 aromatic carbocycles. The van der Waals surface area contributed by atoms with Gasteiger partial charge in [0.1, 0.15) is 9.52 Å². The Labute approximate surface area is 176 Å². The fraction of sp³-hybridized carbons (Fsp3) is 0.192. The highest BCUT2D eigenvalue weighted by atomic mass is 28.2. The molecule has 2 nitrogen and oxygen atoms in total. The van der Waals surface area contributed by atoms with Crippen molar-refractivity contribution in [3.05, 3.63) is 120 Å². The van der Waals surface area contributed by atoms with Crippen LogP contribution < -0.4 is 5.19 Å². The third kappa shape index (κ3) is 4.10. The molecule has 144 valence electrons. The van der Waals surface area contributed by atoms with E-state index in [2.05, 4.69) is 115 Å². The van der Waals surface area contributed by atoms with Gasteiger partial charge in [0.25, 0.3) is 0 Å². The number of hydrogen-bond acceptors (Lipinski definition) is 1. The van der Waals surface area contributed by atoms with E-state index in [0.717, 1.165) is 6.42 Å². The van der Waals surface area contributed by atoms with E-state index in [1.54, 1.807) is 0 Å². The standard InChI is InChI=1S/C26H26N2Si/c1-21(2)18-22-10-9-15-25(19-22)29-26(28-17-16-27-20-28,23-11-5-3-6-12-23)24-13-7-4-8-14-24/h3-17,19-21H,18H2,1-2H3. The SMILES string of the molecule is CC(C)Cc1cccc([Si]C(c2ccccc2)(c2ccccc2)n2ccnc2)c1. The average molecular weight is 395 g/mol. The predicted molar refractivity (Wildman–Crippen MR) is 122 cm³/mol. The number of imidazole rings is 1.